The number of anilines is 1. The Morgan fingerprint density at radius 3 is 2.26 bits per heavy atom. The summed E-state index contributed by atoms with van der Waals surface area (Å²) in [4.78, 5) is 29.9. The number of nitrogens with zero attached hydrogens (tertiary/aromatic N) is 1. The van der Waals surface area contributed by atoms with E-state index in [-0.39, 0.29) is 17.6 Å². The third-order valence-corrected chi connectivity index (χ3v) is 6.88. The molecule has 2 aromatic rings. The van der Waals surface area contributed by atoms with Crippen LogP contribution < -0.4 is 10.1 Å². The van der Waals surface area contributed by atoms with Gasteiger partial charge in [-0.25, -0.2) is 4.98 Å². The van der Waals surface area contributed by atoms with E-state index >= 15 is 0 Å². The Morgan fingerprint density at radius 2 is 1.80 bits per heavy atom. The van der Waals surface area contributed by atoms with E-state index in [1.54, 1.807) is 19.2 Å². The van der Waals surface area contributed by atoms with E-state index in [2.05, 4.69) is 17.2 Å². The first-order chi connectivity index (χ1) is 16.3. The van der Waals surface area contributed by atoms with Crippen LogP contribution in [0.3, 0.4) is 0 Å². The van der Waals surface area contributed by atoms with Crippen molar-refractivity contribution in [1.82, 2.24) is 4.98 Å². The van der Waals surface area contributed by atoms with Gasteiger partial charge in [0.1, 0.15) is 0 Å². The fraction of sp³-hybridized carbons (Fsp3) is 0.552. The molecule has 35 heavy (non-hydrogen) atoms. The maximum atomic E-state index is 13.0. The molecule has 6 heteroatoms. The van der Waals surface area contributed by atoms with E-state index in [9.17, 15) is 14.7 Å². The number of ether oxygens (including phenoxy) is 1. The molecular formula is C29H42N2O4. The molecular weight excluding hydrogens is 440 g/mol. The first-order valence-electron chi connectivity index (χ1n) is 12.5. The van der Waals surface area contributed by atoms with Crippen molar-refractivity contribution in [2.75, 3.05) is 12.4 Å². The molecule has 3 rings (SSSR count). The average molecular weight is 483 g/mol. The number of aromatic nitrogens is 1. The number of Topliss-reactive ketones (excluding diaryl/α,β-unsaturated/α-hetero) is 1. The highest BCUT2D eigenvalue weighted by Gasteiger charge is 2.36. The van der Waals surface area contributed by atoms with Crippen molar-refractivity contribution in [1.29, 1.82) is 0 Å². The van der Waals surface area contributed by atoms with Gasteiger partial charge in [0, 0.05) is 23.2 Å². The summed E-state index contributed by atoms with van der Waals surface area (Å²) in [7, 11) is 1.52. The van der Waals surface area contributed by atoms with Crippen LogP contribution in [-0.2, 0) is 6.42 Å². The quantitative estimate of drug-likeness (QED) is 0.440. The molecule has 0 saturated heterocycles. The molecule has 1 fully saturated rings. The minimum atomic E-state index is -0.457. The molecule has 0 radical (unpaired) electrons. The number of hydrogen-bond acceptors (Lipinski definition) is 5. The van der Waals surface area contributed by atoms with Crippen LogP contribution in [0.15, 0.2) is 24.4 Å². The number of aryl methyl sites for hydroxylation is 2. The number of ketones is 1. The normalized spacial score (nSPS) is 14.1. The Hall–Kier alpha value is -2.73. The molecule has 1 heterocycles. The zero-order valence-corrected chi connectivity index (χ0v) is 22.8. The summed E-state index contributed by atoms with van der Waals surface area (Å²) in [6.07, 6.45) is 4.98. The largest absolute Gasteiger partial charge is 0.481 e. The predicted octanol–water partition coefficient (Wildman–Crippen LogP) is 6.16. The first kappa shape index (κ1) is 28.5. The molecule has 1 unspecified atom stereocenters. The average Bonchev–Trinajstić information content (AvgIpc) is 3.63. The Morgan fingerprint density at radius 1 is 1.17 bits per heavy atom. The van der Waals surface area contributed by atoms with Gasteiger partial charge in [-0.3, -0.25) is 9.59 Å². The number of benzene rings is 1. The zero-order chi connectivity index (χ0) is 26.5. The second-order valence-electron chi connectivity index (χ2n) is 10.4. The highest BCUT2D eigenvalue weighted by molar-refractivity contribution is 6.11. The van der Waals surface area contributed by atoms with Crippen LogP contribution in [0.1, 0.15) is 91.8 Å². The Kier molecular flexibility index (Phi) is 9.61. The lowest BCUT2D eigenvalue weighted by Crippen LogP contribution is -2.29. The smallest absolute Gasteiger partial charge is 0.256 e. The van der Waals surface area contributed by atoms with Gasteiger partial charge in [-0.2, -0.15) is 0 Å². The van der Waals surface area contributed by atoms with Gasteiger partial charge < -0.3 is 15.2 Å². The summed E-state index contributed by atoms with van der Waals surface area (Å²) in [6.45, 7) is 15.3. The SMILES string of the molecule is CC(C1CC1)C(C)(C)O.CCc1cccc(NC(=O)c2c(C)cnc(OC)c2C)c1C(=O)C(C)C. The van der Waals surface area contributed by atoms with Crippen LogP contribution in [0.5, 0.6) is 5.88 Å². The third-order valence-electron chi connectivity index (χ3n) is 6.88. The summed E-state index contributed by atoms with van der Waals surface area (Å²) < 4.78 is 5.23. The van der Waals surface area contributed by atoms with E-state index in [0.29, 0.717) is 34.2 Å². The minimum Gasteiger partial charge on any atom is -0.481 e. The minimum absolute atomic E-state index is 0.0264. The zero-order valence-electron chi connectivity index (χ0n) is 22.8. The third kappa shape index (κ3) is 7.14. The van der Waals surface area contributed by atoms with Crippen LogP contribution in [-0.4, -0.2) is 34.5 Å². The van der Waals surface area contributed by atoms with E-state index < -0.39 is 5.60 Å². The van der Waals surface area contributed by atoms with Crippen LogP contribution in [0, 0.1) is 31.6 Å². The molecule has 1 aromatic heterocycles. The van der Waals surface area contributed by atoms with E-state index in [1.165, 1.54) is 20.0 Å². The van der Waals surface area contributed by atoms with Crippen LogP contribution in [0.2, 0.25) is 0 Å². The van der Waals surface area contributed by atoms with E-state index in [1.807, 2.05) is 53.7 Å². The van der Waals surface area contributed by atoms with E-state index in [4.69, 9.17) is 4.74 Å². The molecule has 1 aliphatic rings. The molecule has 0 spiro atoms. The fourth-order valence-corrected chi connectivity index (χ4v) is 4.21. The fourth-order valence-electron chi connectivity index (χ4n) is 4.21. The number of amides is 1. The number of methoxy groups -OCH3 is 1. The molecule has 1 saturated carbocycles. The summed E-state index contributed by atoms with van der Waals surface area (Å²) in [6, 6.07) is 5.56. The number of aliphatic hydroxyl groups is 1. The molecule has 1 amide bonds. The highest BCUT2D eigenvalue weighted by Crippen LogP contribution is 2.41. The van der Waals surface area contributed by atoms with Gasteiger partial charge in [0.2, 0.25) is 5.88 Å². The highest BCUT2D eigenvalue weighted by atomic mass is 16.5. The number of pyridine rings is 1. The Labute approximate surface area is 210 Å². The number of hydrogen-bond donors (Lipinski definition) is 2. The monoisotopic (exact) mass is 482 g/mol. The van der Waals surface area contributed by atoms with Crippen LogP contribution in [0.4, 0.5) is 5.69 Å². The lowest BCUT2D eigenvalue weighted by molar-refractivity contribution is 0.0155. The van der Waals surface area contributed by atoms with Crippen molar-refractivity contribution in [3.63, 3.8) is 0 Å². The van der Waals surface area contributed by atoms with Crippen molar-refractivity contribution in [2.45, 2.75) is 80.3 Å². The number of rotatable bonds is 8. The van der Waals surface area contributed by atoms with Crippen LogP contribution >= 0.6 is 0 Å². The topological polar surface area (TPSA) is 88.5 Å². The van der Waals surface area contributed by atoms with Gasteiger partial charge in [0.15, 0.2) is 5.78 Å². The first-order valence-corrected chi connectivity index (χ1v) is 12.5. The van der Waals surface area contributed by atoms with Crippen molar-refractivity contribution in [3.05, 3.63) is 52.2 Å². The van der Waals surface area contributed by atoms with Gasteiger partial charge >= 0.3 is 0 Å². The van der Waals surface area contributed by atoms with Gasteiger partial charge in [0.05, 0.1) is 24.0 Å². The maximum Gasteiger partial charge on any atom is 0.256 e. The van der Waals surface area contributed by atoms with Crippen molar-refractivity contribution < 1.29 is 19.4 Å². The molecule has 6 nitrogen and oxygen atoms in total. The van der Waals surface area contributed by atoms with Gasteiger partial charge in [0.25, 0.3) is 5.91 Å². The molecule has 192 valence electrons. The second-order valence-corrected chi connectivity index (χ2v) is 10.4. The second kappa shape index (κ2) is 11.8. The summed E-state index contributed by atoms with van der Waals surface area (Å²) in [5, 5.41) is 12.4. The van der Waals surface area contributed by atoms with Crippen molar-refractivity contribution in [2.24, 2.45) is 17.8 Å². The summed E-state index contributed by atoms with van der Waals surface area (Å²) in [5.41, 5.74) is 3.56. The lowest BCUT2D eigenvalue weighted by atomic mass is 9.89. The molecule has 0 aliphatic heterocycles. The summed E-state index contributed by atoms with van der Waals surface area (Å²) >= 11 is 0. The van der Waals surface area contributed by atoms with E-state index in [0.717, 1.165) is 23.5 Å². The van der Waals surface area contributed by atoms with Gasteiger partial charge in [-0.15, -0.1) is 0 Å². The number of nitrogens with one attached hydrogen (secondary N) is 1. The Bertz CT molecular complexity index is 1050. The molecule has 2 N–H and O–H groups in total. The molecule has 0 bridgehead atoms. The molecule has 1 aliphatic carbocycles. The number of carbonyl (C=O) groups excluding carboxylic acids is 2. The maximum absolute atomic E-state index is 13.0. The van der Waals surface area contributed by atoms with Gasteiger partial charge in [-0.05, 0) is 76.0 Å². The molecule has 1 aromatic carbocycles. The van der Waals surface area contributed by atoms with Crippen molar-refractivity contribution in [3.8, 4) is 5.88 Å². The summed E-state index contributed by atoms with van der Waals surface area (Å²) in [5.74, 6) is 1.32. The Balaban J connectivity index is 0.000000402. The standard InChI is InChI=1S/C21H26N2O3.C8H16O/c1-7-15-9-8-10-16(18(15)19(24)12(2)3)23-20(25)17-13(4)11-22-21(26-6)14(17)5;1-6(7-4-5-7)8(2,3)9/h8-12H,7H2,1-6H3,(H,23,25);6-7,9H,4-5H2,1-3H3. The van der Waals surface area contributed by atoms with Gasteiger partial charge in [-0.1, -0.05) is 39.8 Å². The molecule has 1 atom stereocenters. The van der Waals surface area contributed by atoms with Crippen LogP contribution in [0.25, 0.3) is 0 Å². The lowest BCUT2D eigenvalue weighted by Gasteiger charge is -2.25. The van der Waals surface area contributed by atoms with Crippen molar-refractivity contribution >= 4 is 17.4 Å². The number of carbonyl (C=O) groups is 2. The predicted molar refractivity (Wildman–Crippen MR) is 141 cm³/mol.